The van der Waals surface area contributed by atoms with Crippen LogP contribution in [0.25, 0.3) is 0 Å². The van der Waals surface area contributed by atoms with Crippen LogP contribution in [0.5, 0.6) is 0 Å². The Kier molecular flexibility index (Phi) is 3.63. The number of halogens is 1. The highest BCUT2D eigenvalue weighted by Crippen LogP contribution is 2.30. The summed E-state index contributed by atoms with van der Waals surface area (Å²) in [6.07, 6.45) is -0.549. The minimum Gasteiger partial charge on any atom is -0.465 e. The van der Waals surface area contributed by atoms with Crippen molar-refractivity contribution in [2.75, 3.05) is 6.54 Å². The van der Waals surface area contributed by atoms with Crippen molar-refractivity contribution < 1.29 is 15.0 Å². The lowest BCUT2D eigenvalue weighted by molar-refractivity contribution is 0.0410. The number of carboxylic acid groups (broad SMARTS) is 1. The summed E-state index contributed by atoms with van der Waals surface area (Å²) in [6, 6.07) is 5.01. The van der Waals surface area contributed by atoms with Crippen LogP contribution in [0.2, 0.25) is 0 Å². The van der Waals surface area contributed by atoms with Crippen molar-refractivity contribution in [3.05, 3.63) is 28.5 Å². The predicted molar refractivity (Wildman–Crippen MR) is 64.6 cm³/mol. The fraction of sp³-hybridized carbons (Fsp3) is 0.455. The van der Waals surface area contributed by atoms with Gasteiger partial charge in [0.05, 0.1) is 17.8 Å². The third kappa shape index (κ3) is 2.76. The third-order valence-corrected chi connectivity index (χ3v) is 3.34. The second-order valence-corrected chi connectivity index (χ2v) is 4.87. The summed E-state index contributed by atoms with van der Waals surface area (Å²) in [5.74, 6) is 0. The molecule has 1 fully saturated rings. The van der Waals surface area contributed by atoms with Crippen LogP contribution in [-0.2, 0) is 0 Å². The number of aliphatic hydroxyl groups excluding tert-OH is 1. The summed E-state index contributed by atoms with van der Waals surface area (Å²) in [5, 5.41) is 18.8. The van der Waals surface area contributed by atoms with Gasteiger partial charge in [-0.05, 0) is 40.9 Å². The molecule has 1 saturated heterocycles. The molecule has 2 unspecified atom stereocenters. The Bertz CT molecular complexity index is 427. The maximum Gasteiger partial charge on any atom is 0.407 e. The van der Waals surface area contributed by atoms with E-state index < -0.39 is 12.2 Å². The van der Waals surface area contributed by atoms with Crippen molar-refractivity contribution in [1.82, 2.24) is 9.88 Å². The fourth-order valence-corrected chi connectivity index (χ4v) is 2.42. The molecule has 2 atom stereocenters. The van der Waals surface area contributed by atoms with E-state index in [2.05, 4.69) is 20.9 Å². The molecule has 17 heavy (non-hydrogen) atoms. The molecule has 1 amide bonds. The SMILES string of the molecule is O=C(O)N1CCC(O)CC1c1cccc(Br)n1. The van der Waals surface area contributed by atoms with Crippen LogP contribution in [0.3, 0.4) is 0 Å². The van der Waals surface area contributed by atoms with E-state index in [1.165, 1.54) is 4.90 Å². The number of amides is 1. The van der Waals surface area contributed by atoms with Crippen molar-refractivity contribution in [1.29, 1.82) is 0 Å². The Balaban J connectivity index is 2.28. The minimum atomic E-state index is -0.969. The van der Waals surface area contributed by atoms with Crippen molar-refractivity contribution in [2.45, 2.75) is 25.0 Å². The van der Waals surface area contributed by atoms with E-state index >= 15 is 0 Å². The zero-order valence-corrected chi connectivity index (χ0v) is 10.7. The molecule has 2 N–H and O–H groups in total. The van der Waals surface area contributed by atoms with Gasteiger partial charge in [0.2, 0.25) is 0 Å². The zero-order chi connectivity index (χ0) is 12.4. The lowest BCUT2D eigenvalue weighted by atomic mass is 9.97. The highest BCUT2D eigenvalue weighted by Gasteiger charge is 2.32. The molecule has 0 spiro atoms. The van der Waals surface area contributed by atoms with Crippen LogP contribution in [0.15, 0.2) is 22.8 Å². The summed E-state index contributed by atoms with van der Waals surface area (Å²) >= 11 is 3.26. The summed E-state index contributed by atoms with van der Waals surface area (Å²) in [4.78, 5) is 16.7. The smallest absolute Gasteiger partial charge is 0.407 e. The largest absolute Gasteiger partial charge is 0.465 e. The standard InChI is InChI=1S/C11H13BrN2O3/c12-10-3-1-2-8(13-10)9-6-7(15)4-5-14(9)11(16)17/h1-3,7,9,15H,4-6H2,(H,16,17). The quantitative estimate of drug-likeness (QED) is 0.778. The molecule has 0 radical (unpaired) electrons. The molecule has 0 saturated carbocycles. The van der Waals surface area contributed by atoms with Crippen LogP contribution in [0, 0.1) is 0 Å². The normalized spacial score (nSPS) is 24.7. The van der Waals surface area contributed by atoms with Gasteiger partial charge < -0.3 is 10.2 Å². The van der Waals surface area contributed by atoms with Crippen LogP contribution in [-0.4, -0.2) is 38.8 Å². The fourth-order valence-electron chi connectivity index (χ4n) is 2.07. The Morgan fingerprint density at radius 2 is 2.29 bits per heavy atom. The maximum atomic E-state index is 11.1. The van der Waals surface area contributed by atoms with Crippen molar-refractivity contribution in [2.24, 2.45) is 0 Å². The number of aromatic nitrogens is 1. The molecule has 2 rings (SSSR count). The van der Waals surface area contributed by atoms with Crippen LogP contribution in [0.1, 0.15) is 24.6 Å². The second-order valence-electron chi connectivity index (χ2n) is 4.06. The van der Waals surface area contributed by atoms with Gasteiger partial charge in [-0.3, -0.25) is 4.90 Å². The topological polar surface area (TPSA) is 73.7 Å². The van der Waals surface area contributed by atoms with Gasteiger partial charge in [-0.25, -0.2) is 9.78 Å². The van der Waals surface area contributed by atoms with Crippen LogP contribution >= 0.6 is 15.9 Å². The number of rotatable bonds is 1. The highest BCUT2D eigenvalue weighted by atomic mass is 79.9. The van der Waals surface area contributed by atoms with Gasteiger partial charge in [-0.1, -0.05) is 6.07 Å². The van der Waals surface area contributed by atoms with E-state index in [1.807, 2.05) is 6.07 Å². The number of hydrogen-bond acceptors (Lipinski definition) is 3. The molecule has 2 heterocycles. The molecule has 1 aromatic rings. The summed E-state index contributed by atoms with van der Waals surface area (Å²) < 4.78 is 0.667. The Labute approximate surface area is 107 Å². The van der Waals surface area contributed by atoms with E-state index in [1.54, 1.807) is 12.1 Å². The van der Waals surface area contributed by atoms with Gasteiger partial charge in [-0.2, -0.15) is 0 Å². The van der Waals surface area contributed by atoms with E-state index in [0.29, 0.717) is 29.7 Å². The molecule has 1 aromatic heterocycles. The molecule has 92 valence electrons. The predicted octanol–water partition coefficient (Wildman–Crippen LogP) is 2.02. The van der Waals surface area contributed by atoms with E-state index in [0.717, 1.165) is 0 Å². The Morgan fingerprint density at radius 3 is 2.94 bits per heavy atom. The molecule has 1 aliphatic rings. The Hall–Kier alpha value is -1.14. The maximum absolute atomic E-state index is 11.1. The molecular formula is C11H13BrN2O3. The number of piperidine rings is 1. The zero-order valence-electron chi connectivity index (χ0n) is 9.08. The molecular weight excluding hydrogens is 288 g/mol. The van der Waals surface area contributed by atoms with Gasteiger partial charge >= 0.3 is 6.09 Å². The summed E-state index contributed by atoms with van der Waals surface area (Å²) in [6.45, 7) is 0.343. The third-order valence-electron chi connectivity index (χ3n) is 2.90. The number of aliphatic hydroxyl groups is 1. The molecule has 1 aliphatic heterocycles. The van der Waals surface area contributed by atoms with Gasteiger partial charge in [0, 0.05) is 6.54 Å². The van der Waals surface area contributed by atoms with Gasteiger partial charge in [0.15, 0.2) is 0 Å². The summed E-state index contributed by atoms with van der Waals surface area (Å²) in [5.41, 5.74) is 0.667. The highest BCUT2D eigenvalue weighted by molar-refractivity contribution is 9.10. The average molecular weight is 301 g/mol. The average Bonchev–Trinajstić information content (AvgIpc) is 2.28. The van der Waals surface area contributed by atoms with Crippen molar-refractivity contribution >= 4 is 22.0 Å². The van der Waals surface area contributed by atoms with Gasteiger partial charge in [0.1, 0.15) is 4.60 Å². The van der Waals surface area contributed by atoms with Gasteiger partial charge in [-0.15, -0.1) is 0 Å². The minimum absolute atomic E-state index is 0.343. The first-order valence-electron chi connectivity index (χ1n) is 5.38. The number of hydrogen-bond donors (Lipinski definition) is 2. The second kappa shape index (κ2) is 5.01. The lowest BCUT2D eigenvalue weighted by Crippen LogP contribution is -2.42. The first kappa shape index (κ1) is 12.3. The van der Waals surface area contributed by atoms with E-state index in [-0.39, 0.29) is 6.04 Å². The van der Waals surface area contributed by atoms with Crippen LogP contribution < -0.4 is 0 Å². The van der Waals surface area contributed by atoms with Crippen molar-refractivity contribution in [3.8, 4) is 0 Å². The first-order valence-corrected chi connectivity index (χ1v) is 6.17. The number of carbonyl (C=O) groups is 1. The number of nitrogens with zero attached hydrogens (tertiary/aromatic N) is 2. The molecule has 0 aromatic carbocycles. The molecule has 0 aliphatic carbocycles. The van der Waals surface area contributed by atoms with Gasteiger partial charge in [0.25, 0.3) is 0 Å². The number of likely N-dealkylation sites (tertiary alicyclic amines) is 1. The van der Waals surface area contributed by atoms with E-state index in [9.17, 15) is 9.90 Å². The Morgan fingerprint density at radius 1 is 1.53 bits per heavy atom. The monoisotopic (exact) mass is 300 g/mol. The van der Waals surface area contributed by atoms with Crippen LogP contribution in [0.4, 0.5) is 4.79 Å². The van der Waals surface area contributed by atoms with E-state index in [4.69, 9.17) is 5.11 Å². The lowest BCUT2D eigenvalue weighted by Gasteiger charge is -2.35. The number of pyridine rings is 1. The van der Waals surface area contributed by atoms with Crippen molar-refractivity contribution in [3.63, 3.8) is 0 Å². The summed E-state index contributed by atoms with van der Waals surface area (Å²) in [7, 11) is 0. The molecule has 5 nitrogen and oxygen atoms in total. The first-order chi connectivity index (χ1) is 8.08. The molecule has 0 bridgehead atoms. The molecule has 6 heteroatoms.